The number of alkyl halides is 2. The molecule has 0 radical (unpaired) electrons. The number of carboxylic acids is 1. The number of hydrogen-bond donors (Lipinski definition) is 4. The van der Waals surface area contributed by atoms with E-state index in [-0.39, 0.29) is 47.3 Å². The van der Waals surface area contributed by atoms with Crippen molar-refractivity contribution in [1.29, 1.82) is 0 Å². The van der Waals surface area contributed by atoms with E-state index in [9.17, 15) is 33.1 Å². The van der Waals surface area contributed by atoms with Gasteiger partial charge in [-0.05, 0) is 18.1 Å². The molecule has 17 heteroatoms. The van der Waals surface area contributed by atoms with Gasteiger partial charge in [0.25, 0.3) is 6.43 Å². The number of carbonyl (C=O) groups excluding carboxylic acids is 3. The molecule has 1 aromatic heterocycles. The second kappa shape index (κ2) is 11.9. The highest BCUT2D eigenvalue weighted by atomic mass is 32.1. The number of carbonyl (C=O) groups is 4. The highest BCUT2D eigenvalue weighted by molar-refractivity contribution is 7.13. The molecule has 1 fully saturated rings. The number of nitrogens with two attached hydrogens (primary N) is 1. The predicted molar refractivity (Wildman–Crippen MR) is 139 cm³/mol. The maximum Gasteiger partial charge on any atom is 0.549 e. The van der Waals surface area contributed by atoms with Gasteiger partial charge in [0.1, 0.15) is 11.8 Å². The molecule has 1 aromatic carbocycles. The quantitative estimate of drug-likeness (QED) is 0.247. The molecule has 1 saturated heterocycles. The van der Waals surface area contributed by atoms with E-state index in [1.165, 1.54) is 13.2 Å². The van der Waals surface area contributed by atoms with E-state index in [2.05, 4.69) is 22.2 Å². The molecule has 0 bridgehead atoms. The fourth-order valence-electron chi connectivity index (χ4n) is 4.42. The van der Waals surface area contributed by atoms with E-state index in [0.29, 0.717) is 15.4 Å². The number of piperazine rings is 1. The van der Waals surface area contributed by atoms with Crippen molar-refractivity contribution in [3.8, 4) is 5.75 Å². The minimum atomic E-state index is -2.83. The minimum Gasteiger partial charge on any atom is -0.534 e. The Bertz CT molecular complexity index is 1340. The molecule has 2 aliphatic rings. The summed E-state index contributed by atoms with van der Waals surface area (Å²) in [6.45, 7) is 2.56. The Kier molecular flexibility index (Phi) is 8.53. The summed E-state index contributed by atoms with van der Waals surface area (Å²) in [5, 5.41) is 17.0. The average molecular weight is 578 g/mol. The molecule has 0 aliphatic carbocycles. The van der Waals surface area contributed by atoms with Gasteiger partial charge in [0, 0.05) is 31.3 Å². The van der Waals surface area contributed by atoms with Crippen LogP contribution in [0.3, 0.4) is 0 Å². The molecule has 0 spiro atoms. The number of carboxylic acid groups (broad SMARTS) is 1. The standard InChI is InChI=1S/C23H25BF2N6O7S/c1-11(28-15-8-12-4-3-5-13(21(35)36)18(12)39-24(15)38-2)17(14-10-40-22(27)29-14)30-23(37)32-7-6-31(9-16(25)26)19(33)20(32)34/h3-5,10,15-17,28H,1,6-9H2,2H3,(H2,27,29)(H,30,37)(H,35,36). The first-order chi connectivity index (χ1) is 19.0. The van der Waals surface area contributed by atoms with Crippen molar-refractivity contribution < 1.29 is 42.4 Å². The summed E-state index contributed by atoms with van der Waals surface area (Å²) in [5.74, 6) is -4.03. The lowest BCUT2D eigenvalue weighted by molar-refractivity contribution is -0.155. The first-order valence-corrected chi connectivity index (χ1v) is 12.8. The van der Waals surface area contributed by atoms with Crippen LogP contribution < -0.4 is 21.0 Å². The van der Waals surface area contributed by atoms with Crippen molar-refractivity contribution in [2.24, 2.45) is 0 Å². The maximum absolute atomic E-state index is 13.1. The lowest BCUT2D eigenvalue weighted by Gasteiger charge is -2.35. The van der Waals surface area contributed by atoms with Crippen molar-refractivity contribution >= 4 is 47.4 Å². The Morgan fingerprint density at radius 3 is 2.73 bits per heavy atom. The summed E-state index contributed by atoms with van der Waals surface area (Å²) in [4.78, 5) is 55.0. The molecule has 5 N–H and O–H groups in total. The van der Waals surface area contributed by atoms with E-state index >= 15 is 0 Å². The zero-order valence-electron chi connectivity index (χ0n) is 21.1. The van der Waals surface area contributed by atoms with Crippen molar-refractivity contribution in [3.63, 3.8) is 0 Å². The zero-order valence-corrected chi connectivity index (χ0v) is 22.0. The van der Waals surface area contributed by atoms with Gasteiger partial charge in [0.15, 0.2) is 5.13 Å². The Morgan fingerprint density at radius 2 is 2.10 bits per heavy atom. The van der Waals surface area contributed by atoms with Gasteiger partial charge in [-0.3, -0.25) is 14.5 Å². The summed E-state index contributed by atoms with van der Waals surface area (Å²) in [5.41, 5.74) is 6.84. The third-order valence-electron chi connectivity index (χ3n) is 6.30. The molecular weight excluding hydrogens is 553 g/mol. The molecule has 2 atom stereocenters. The summed E-state index contributed by atoms with van der Waals surface area (Å²) in [7, 11) is 0.441. The Labute approximate surface area is 231 Å². The van der Waals surface area contributed by atoms with Crippen LogP contribution in [0.15, 0.2) is 35.9 Å². The van der Waals surface area contributed by atoms with Crippen molar-refractivity contribution in [2.75, 3.05) is 32.5 Å². The molecule has 0 saturated carbocycles. The van der Waals surface area contributed by atoms with E-state index in [1.807, 2.05) is 0 Å². The molecule has 3 heterocycles. The lowest BCUT2D eigenvalue weighted by atomic mass is 9.71. The van der Waals surface area contributed by atoms with Gasteiger partial charge in [-0.1, -0.05) is 18.7 Å². The van der Waals surface area contributed by atoms with Crippen LogP contribution in [0.1, 0.15) is 27.7 Å². The van der Waals surface area contributed by atoms with Gasteiger partial charge in [-0.15, -0.1) is 11.3 Å². The largest absolute Gasteiger partial charge is 0.549 e. The fourth-order valence-corrected chi connectivity index (χ4v) is 5.01. The van der Waals surface area contributed by atoms with Crippen LogP contribution in [0.4, 0.5) is 18.7 Å². The number of nitrogen functional groups attached to an aromatic ring is 1. The molecule has 2 aromatic rings. The molecule has 4 amide bonds. The predicted octanol–water partition coefficient (Wildman–Crippen LogP) is 0.891. The maximum atomic E-state index is 13.1. The molecule has 13 nitrogen and oxygen atoms in total. The van der Waals surface area contributed by atoms with Crippen LogP contribution in [-0.4, -0.2) is 89.9 Å². The number of imide groups is 1. The number of nitrogens with one attached hydrogen (secondary N) is 2. The summed E-state index contributed by atoms with van der Waals surface area (Å²) >= 11 is 1.09. The number of fused-ring (bicyclic) bond motifs is 1. The van der Waals surface area contributed by atoms with Crippen LogP contribution in [0.2, 0.25) is 0 Å². The highest BCUT2D eigenvalue weighted by Crippen LogP contribution is 2.32. The third kappa shape index (κ3) is 5.99. The van der Waals surface area contributed by atoms with Crippen LogP contribution in [0.5, 0.6) is 5.75 Å². The zero-order chi connectivity index (χ0) is 29.1. The van der Waals surface area contributed by atoms with Crippen LogP contribution in [-0.2, 0) is 20.7 Å². The normalized spacial score (nSPS) is 17.8. The smallest absolute Gasteiger partial charge is 0.534 e. The molecule has 40 heavy (non-hydrogen) atoms. The van der Waals surface area contributed by atoms with E-state index in [0.717, 1.165) is 11.3 Å². The number of hydrogen-bond acceptors (Lipinski definition) is 10. The van der Waals surface area contributed by atoms with Gasteiger partial charge in [-0.2, -0.15) is 0 Å². The number of para-hydroxylation sites is 1. The number of halogens is 2. The van der Waals surface area contributed by atoms with Crippen molar-refractivity contribution in [3.05, 3.63) is 52.7 Å². The topological polar surface area (TPSA) is 176 Å². The number of aromatic nitrogens is 1. The minimum absolute atomic E-state index is 0.0206. The average Bonchev–Trinajstić information content (AvgIpc) is 3.34. The summed E-state index contributed by atoms with van der Waals surface area (Å²) in [6.07, 6.45) is -2.55. The van der Waals surface area contributed by atoms with E-state index < -0.39 is 55.9 Å². The number of anilines is 1. The summed E-state index contributed by atoms with van der Waals surface area (Å²) in [6, 6.07) is 2.70. The molecule has 4 rings (SSSR count). The van der Waals surface area contributed by atoms with Gasteiger partial charge in [0.05, 0.1) is 23.7 Å². The Balaban J connectivity index is 1.52. The number of amides is 4. The number of thiazole rings is 1. The number of benzene rings is 1. The first-order valence-electron chi connectivity index (χ1n) is 11.9. The second-order valence-corrected chi connectivity index (χ2v) is 9.78. The Hall–Kier alpha value is -4.25. The van der Waals surface area contributed by atoms with Crippen LogP contribution >= 0.6 is 11.3 Å². The van der Waals surface area contributed by atoms with Crippen LogP contribution in [0, 0.1) is 0 Å². The van der Waals surface area contributed by atoms with Gasteiger partial charge < -0.3 is 35.7 Å². The number of rotatable bonds is 9. The number of urea groups is 1. The monoisotopic (exact) mass is 578 g/mol. The lowest BCUT2D eigenvalue weighted by Crippen LogP contribution is -2.59. The Morgan fingerprint density at radius 1 is 1.35 bits per heavy atom. The molecule has 2 unspecified atom stereocenters. The number of aromatic carboxylic acids is 1. The van der Waals surface area contributed by atoms with Crippen molar-refractivity contribution in [2.45, 2.75) is 24.8 Å². The molecule has 2 aliphatic heterocycles. The number of nitrogens with zero attached hydrogens (tertiary/aromatic N) is 3. The van der Waals surface area contributed by atoms with Gasteiger partial charge >= 0.3 is 30.9 Å². The first kappa shape index (κ1) is 28.8. The molecule has 212 valence electrons. The highest BCUT2D eigenvalue weighted by Gasteiger charge is 2.41. The van der Waals surface area contributed by atoms with Crippen LogP contribution in [0.25, 0.3) is 0 Å². The van der Waals surface area contributed by atoms with E-state index in [1.54, 1.807) is 17.5 Å². The fraction of sp³-hybridized carbons (Fsp3) is 0.348. The SMILES string of the molecule is C=C(NC1Cc2cccc(C(=O)O)c2OB1OC)C(NC(=O)N1CCN(CC(F)F)C(=O)C1=O)c1csc(N)n1. The molecular formula is C23H25BF2N6O7S. The third-order valence-corrected chi connectivity index (χ3v) is 6.99. The summed E-state index contributed by atoms with van der Waals surface area (Å²) < 4.78 is 36.7. The van der Waals surface area contributed by atoms with Gasteiger partial charge in [0.2, 0.25) is 0 Å². The second-order valence-electron chi connectivity index (χ2n) is 8.89. The van der Waals surface area contributed by atoms with Crippen molar-refractivity contribution in [1.82, 2.24) is 25.4 Å². The van der Waals surface area contributed by atoms with E-state index in [4.69, 9.17) is 15.0 Å². The van der Waals surface area contributed by atoms with Gasteiger partial charge in [-0.25, -0.2) is 23.4 Å².